The lowest BCUT2D eigenvalue weighted by Gasteiger charge is -2.42. The lowest BCUT2D eigenvalue weighted by molar-refractivity contribution is -0.385. The highest BCUT2D eigenvalue weighted by Crippen LogP contribution is 2.42. The van der Waals surface area contributed by atoms with Gasteiger partial charge in [0.15, 0.2) is 5.75 Å². The molecule has 0 atom stereocenters. The van der Waals surface area contributed by atoms with Gasteiger partial charge in [0.25, 0.3) is 5.91 Å². The van der Waals surface area contributed by atoms with Crippen molar-refractivity contribution in [2.24, 2.45) is 0 Å². The van der Waals surface area contributed by atoms with E-state index in [2.05, 4.69) is 0 Å². The average molecular weight is 362 g/mol. The second-order valence-electron chi connectivity index (χ2n) is 7.16. The number of hydrogen-bond acceptors (Lipinski definition) is 6. The zero-order chi connectivity index (χ0) is 18.1. The topological polar surface area (TPSA) is 91.1 Å². The highest BCUT2D eigenvalue weighted by atomic mass is 16.7. The van der Waals surface area contributed by atoms with Crippen molar-refractivity contribution in [2.75, 3.05) is 26.5 Å². The van der Waals surface area contributed by atoms with Crippen LogP contribution in [0.4, 0.5) is 5.69 Å². The van der Waals surface area contributed by atoms with Gasteiger partial charge in [-0.15, -0.1) is 0 Å². The van der Waals surface area contributed by atoms with Crippen LogP contribution in [0.2, 0.25) is 0 Å². The van der Waals surface area contributed by atoms with Crippen molar-refractivity contribution in [2.45, 2.75) is 44.1 Å². The number of nitrogens with zero attached hydrogens (tertiary/aromatic N) is 2. The van der Waals surface area contributed by atoms with Crippen LogP contribution in [-0.4, -0.2) is 47.8 Å². The van der Waals surface area contributed by atoms with E-state index in [1.165, 1.54) is 25.0 Å². The minimum atomic E-state index is -0.545. The monoisotopic (exact) mass is 362 g/mol. The third kappa shape index (κ3) is 3.09. The number of nitro groups is 1. The summed E-state index contributed by atoms with van der Waals surface area (Å²) in [6, 6.07) is 2.82. The van der Waals surface area contributed by atoms with E-state index in [4.69, 9.17) is 14.2 Å². The highest BCUT2D eigenvalue weighted by Gasteiger charge is 2.39. The SMILES string of the molecule is O=C(c1cc2c(c([N+](=O)[O-])c1)OCO2)N1CCOC2(CCCCCC2)C1. The molecule has 1 saturated carbocycles. The maximum atomic E-state index is 13.0. The third-order valence-electron chi connectivity index (χ3n) is 5.45. The molecule has 2 fully saturated rings. The van der Waals surface area contributed by atoms with Crippen LogP contribution < -0.4 is 9.47 Å². The van der Waals surface area contributed by atoms with E-state index in [0.29, 0.717) is 19.7 Å². The zero-order valence-corrected chi connectivity index (χ0v) is 14.6. The van der Waals surface area contributed by atoms with Crippen molar-refractivity contribution in [1.82, 2.24) is 4.90 Å². The number of carbonyl (C=O) groups is 1. The molecule has 8 nitrogen and oxygen atoms in total. The Morgan fingerprint density at radius 1 is 1.15 bits per heavy atom. The van der Waals surface area contributed by atoms with Crippen LogP contribution in [0.5, 0.6) is 11.5 Å². The minimum Gasteiger partial charge on any atom is -0.453 e. The van der Waals surface area contributed by atoms with E-state index in [1.807, 2.05) is 0 Å². The van der Waals surface area contributed by atoms with Crippen LogP contribution in [0.15, 0.2) is 12.1 Å². The van der Waals surface area contributed by atoms with E-state index >= 15 is 0 Å². The molecular formula is C18H22N2O6. The summed E-state index contributed by atoms with van der Waals surface area (Å²) in [7, 11) is 0. The summed E-state index contributed by atoms with van der Waals surface area (Å²) in [5, 5.41) is 11.3. The van der Waals surface area contributed by atoms with Gasteiger partial charge in [-0.2, -0.15) is 0 Å². The van der Waals surface area contributed by atoms with Crippen LogP contribution in [-0.2, 0) is 4.74 Å². The molecule has 1 aromatic rings. The molecule has 0 unspecified atom stereocenters. The predicted molar refractivity (Wildman–Crippen MR) is 91.5 cm³/mol. The Morgan fingerprint density at radius 3 is 2.65 bits per heavy atom. The fourth-order valence-corrected chi connectivity index (χ4v) is 4.13. The molecule has 0 aromatic heterocycles. The fourth-order valence-electron chi connectivity index (χ4n) is 4.13. The molecule has 1 saturated heterocycles. The van der Waals surface area contributed by atoms with Gasteiger partial charge in [0, 0.05) is 12.6 Å². The maximum absolute atomic E-state index is 13.0. The average Bonchev–Trinajstić information content (AvgIpc) is 3.01. The van der Waals surface area contributed by atoms with Gasteiger partial charge >= 0.3 is 5.69 Å². The molecule has 1 amide bonds. The second kappa shape index (κ2) is 6.75. The van der Waals surface area contributed by atoms with Crippen molar-refractivity contribution in [3.63, 3.8) is 0 Å². The molecule has 0 bridgehead atoms. The normalized spacial score (nSPS) is 21.5. The van der Waals surface area contributed by atoms with Crippen molar-refractivity contribution in [3.05, 3.63) is 27.8 Å². The first-order chi connectivity index (χ1) is 12.6. The van der Waals surface area contributed by atoms with E-state index < -0.39 is 4.92 Å². The Balaban J connectivity index is 1.59. The predicted octanol–water partition coefficient (Wildman–Crippen LogP) is 2.89. The molecule has 2 aliphatic heterocycles. The van der Waals surface area contributed by atoms with E-state index in [0.717, 1.165) is 25.7 Å². The summed E-state index contributed by atoms with van der Waals surface area (Å²) in [5.74, 6) is 0.118. The Kier molecular flexibility index (Phi) is 4.44. The Morgan fingerprint density at radius 2 is 1.92 bits per heavy atom. The number of ether oxygens (including phenoxy) is 3. The number of nitro benzene ring substituents is 1. The van der Waals surface area contributed by atoms with Gasteiger partial charge in [0.2, 0.25) is 12.5 Å². The lowest BCUT2D eigenvalue weighted by Crippen LogP contribution is -2.53. The van der Waals surface area contributed by atoms with Crippen LogP contribution >= 0.6 is 0 Å². The Hall–Kier alpha value is -2.35. The molecule has 1 aliphatic carbocycles. The largest absolute Gasteiger partial charge is 0.453 e. The number of morpholine rings is 1. The summed E-state index contributed by atoms with van der Waals surface area (Å²) in [5.41, 5.74) is -0.250. The van der Waals surface area contributed by atoms with E-state index in [9.17, 15) is 14.9 Å². The first-order valence-electron chi connectivity index (χ1n) is 9.09. The highest BCUT2D eigenvalue weighted by molar-refractivity contribution is 5.96. The van der Waals surface area contributed by atoms with Gasteiger partial charge in [-0.25, -0.2) is 0 Å². The van der Waals surface area contributed by atoms with Gasteiger partial charge in [0.1, 0.15) is 0 Å². The second-order valence-corrected chi connectivity index (χ2v) is 7.16. The fraction of sp³-hybridized carbons (Fsp3) is 0.611. The molecule has 26 heavy (non-hydrogen) atoms. The molecule has 8 heteroatoms. The quantitative estimate of drug-likeness (QED) is 0.593. The Bertz CT molecular complexity index is 727. The van der Waals surface area contributed by atoms with Gasteiger partial charge in [-0.1, -0.05) is 25.7 Å². The summed E-state index contributed by atoms with van der Waals surface area (Å²) in [6.45, 7) is 1.45. The van der Waals surface area contributed by atoms with Gasteiger partial charge in [-0.3, -0.25) is 14.9 Å². The van der Waals surface area contributed by atoms with Crippen LogP contribution in [0, 0.1) is 10.1 Å². The number of hydrogen-bond donors (Lipinski definition) is 0. The van der Waals surface area contributed by atoms with Crippen LogP contribution in [0.3, 0.4) is 0 Å². The van der Waals surface area contributed by atoms with E-state index in [-0.39, 0.29) is 41.1 Å². The molecule has 4 rings (SSSR count). The molecular weight excluding hydrogens is 340 g/mol. The molecule has 1 spiro atoms. The minimum absolute atomic E-state index is 0.0749. The van der Waals surface area contributed by atoms with Crippen molar-refractivity contribution < 1.29 is 23.9 Å². The molecule has 140 valence electrons. The van der Waals surface area contributed by atoms with Crippen LogP contribution in [0.1, 0.15) is 48.9 Å². The molecule has 1 aromatic carbocycles. The summed E-state index contributed by atoms with van der Waals surface area (Å²) >= 11 is 0. The number of carbonyl (C=O) groups excluding carboxylic acids is 1. The van der Waals surface area contributed by atoms with Crippen molar-refractivity contribution in [1.29, 1.82) is 0 Å². The first kappa shape index (κ1) is 17.1. The summed E-state index contributed by atoms with van der Waals surface area (Å²) in [4.78, 5) is 25.6. The Labute approximate surface area is 151 Å². The molecule has 2 heterocycles. The smallest absolute Gasteiger partial charge is 0.315 e. The number of amides is 1. The van der Waals surface area contributed by atoms with Crippen LogP contribution in [0.25, 0.3) is 0 Å². The summed E-state index contributed by atoms with van der Waals surface area (Å²) < 4.78 is 16.5. The number of fused-ring (bicyclic) bond motifs is 1. The summed E-state index contributed by atoms with van der Waals surface area (Å²) in [6.07, 6.45) is 6.53. The third-order valence-corrected chi connectivity index (χ3v) is 5.45. The zero-order valence-electron chi connectivity index (χ0n) is 14.6. The molecule has 3 aliphatic rings. The molecule has 0 radical (unpaired) electrons. The first-order valence-corrected chi connectivity index (χ1v) is 9.09. The van der Waals surface area contributed by atoms with Gasteiger partial charge < -0.3 is 19.1 Å². The van der Waals surface area contributed by atoms with E-state index in [1.54, 1.807) is 4.90 Å². The van der Waals surface area contributed by atoms with Crippen molar-refractivity contribution in [3.8, 4) is 11.5 Å². The number of rotatable bonds is 2. The maximum Gasteiger partial charge on any atom is 0.315 e. The number of benzene rings is 1. The molecule has 0 N–H and O–H groups in total. The van der Waals surface area contributed by atoms with Gasteiger partial charge in [0.05, 0.1) is 29.2 Å². The standard InChI is InChI=1S/C18H22N2O6/c21-17(13-9-14(20(22)23)16-15(10-13)24-12-25-16)19-7-8-26-18(11-19)5-3-1-2-4-6-18/h9-10H,1-8,11-12H2. The van der Waals surface area contributed by atoms with Crippen molar-refractivity contribution >= 4 is 11.6 Å². The van der Waals surface area contributed by atoms with Gasteiger partial charge in [-0.05, 0) is 18.9 Å². The lowest BCUT2D eigenvalue weighted by atomic mass is 9.92.